The first-order valence-corrected chi connectivity index (χ1v) is 2.18. The monoisotopic (exact) mass is 108 g/mol. The van der Waals surface area contributed by atoms with Crippen molar-refractivity contribution in [3.05, 3.63) is 17.6 Å². The molecule has 0 aliphatic rings. The quantitative estimate of drug-likeness (QED) is 0.447. The van der Waals surface area contributed by atoms with Crippen LogP contribution in [0.4, 0.5) is 0 Å². The third kappa shape index (κ3) is 1.92. The fourth-order valence-electron chi connectivity index (χ4n) is 0.176. The summed E-state index contributed by atoms with van der Waals surface area (Å²) in [5, 5.41) is 1.93. The molecule has 1 rings (SSSR count). The van der Waals surface area contributed by atoms with E-state index in [9.17, 15) is 0 Å². The molecule has 0 atom stereocenters. The average Bonchev–Trinajstić information content (AvgIpc) is 1.76. The normalized spacial score (nSPS) is 6.67. The Morgan fingerprint density at radius 2 is 2.33 bits per heavy atom. The van der Waals surface area contributed by atoms with Gasteiger partial charge in [-0.05, 0) is 17.6 Å². The Morgan fingerprint density at radius 1 is 1.50 bits per heavy atom. The van der Waals surface area contributed by atoms with Crippen molar-refractivity contribution in [1.82, 2.24) is 4.37 Å². The van der Waals surface area contributed by atoms with Crippen LogP contribution in [0, 0.1) is 0 Å². The number of rotatable bonds is 0. The number of hydrogen-bond donors (Lipinski definition) is 0. The van der Waals surface area contributed by atoms with Gasteiger partial charge in [0.1, 0.15) is 0 Å². The van der Waals surface area contributed by atoms with Crippen molar-refractivity contribution in [1.29, 1.82) is 0 Å². The second-order valence-corrected chi connectivity index (χ2v) is 1.38. The van der Waals surface area contributed by atoms with Crippen molar-refractivity contribution in [3.63, 3.8) is 0 Å². The second kappa shape index (κ2) is 3.81. The third-order valence-electron chi connectivity index (χ3n) is 0.347. The summed E-state index contributed by atoms with van der Waals surface area (Å²) in [4.78, 5) is 0. The molecule has 0 unspecified atom stereocenters. The predicted molar refractivity (Wildman–Crippen MR) is 27.9 cm³/mol. The van der Waals surface area contributed by atoms with Crippen LogP contribution in [0.2, 0.25) is 0 Å². The molecule has 0 aliphatic heterocycles. The van der Waals surface area contributed by atoms with Crippen LogP contribution in [0.15, 0.2) is 17.6 Å². The molecule has 1 radical (unpaired) electrons. The molecule has 0 N–H and O–H groups in total. The summed E-state index contributed by atoms with van der Waals surface area (Å²) >= 11 is 1.46. The smallest absolute Gasteiger partial charge is 0.0406 e. The minimum atomic E-state index is 0. The molecule has 6 heavy (non-hydrogen) atoms. The zero-order valence-electron chi connectivity index (χ0n) is 3.59. The van der Waals surface area contributed by atoms with Crippen LogP contribution in [0.5, 0.6) is 0 Å². The first-order valence-electron chi connectivity index (χ1n) is 1.34. The first-order chi connectivity index (χ1) is 2.50. The van der Waals surface area contributed by atoms with Crippen molar-refractivity contribution in [3.8, 4) is 0 Å². The van der Waals surface area contributed by atoms with Crippen molar-refractivity contribution in [2.24, 2.45) is 0 Å². The summed E-state index contributed by atoms with van der Waals surface area (Å²) < 4.78 is 3.76. The Bertz CT molecular complexity index is 67.3. The van der Waals surface area contributed by atoms with E-state index in [0.29, 0.717) is 0 Å². The van der Waals surface area contributed by atoms with Gasteiger partial charge in [-0.25, -0.2) is 4.37 Å². The van der Waals surface area contributed by atoms with E-state index >= 15 is 0 Å². The zero-order chi connectivity index (χ0) is 3.54. The largest absolute Gasteiger partial charge is 0.201 e. The van der Waals surface area contributed by atoms with Gasteiger partial charge in [0.15, 0.2) is 0 Å². The van der Waals surface area contributed by atoms with Gasteiger partial charge < -0.3 is 0 Å². The molecule has 3 heteroatoms. The SMILES string of the molecule is [Na].c1cnsc1. The zero-order valence-corrected chi connectivity index (χ0v) is 6.40. The first kappa shape index (κ1) is 6.63. The molecule has 0 amide bonds. The van der Waals surface area contributed by atoms with Gasteiger partial charge in [0.25, 0.3) is 0 Å². The number of hydrogen-bond acceptors (Lipinski definition) is 2. The van der Waals surface area contributed by atoms with E-state index in [1.807, 2.05) is 11.4 Å². The molecule has 0 saturated heterocycles. The van der Waals surface area contributed by atoms with Crippen LogP contribution in [0.25, 0.3) is 0 Å². The Morgan fingerprint density at radius 3 is 2.50 bits per heavy atom. The van der Waals surface area contributed by atoms with Crippen molar-refractivity contribution < 1.29 is 0 Å². The maximum absolute atomic E-state index is 3.76. The standard InChI is InChI=1S/C3H3NS.Na/c1-2-4-5-3-1;/h1-3H;. The molecular weight excluding hydrogens is 105 g/mol. The molecule has 1 aromatic heterocycles. The summed E-state index contributed by atoms with van der Waals surface area (Å²) in [7, 11) is 0. The van der Waals surface area contributed by atoms with Gasteiger partial charge in [0, 0.05) is 41.1 Å². The molecule has 27 valence electrons. The molecular formula is C3H3NNaS. The second-order valence-electron chi connectivity index (χ2n) is 0.688. The maximum Gasteiger partial charge on any atom is 0.0406 e. The molecule has 1 nitrogen and oxygen atoms in total. The molecule has 0 fully saturated rings. The summed E-state index contributed by atoms with van der Waals surface area (Å²) in [6, 6.07) is 1.91. The Kier molecular flexibility index (Phi) is 4.21. The molecule has 1 aromatic rings. The predicted octanol–water partition coefficient (Wildman–Crippen LogP) is 0.762. The van der Waals surface area contributed by atoms with Gasteiger partial charge in [0.2, 0.25) is 0 Å². The van der Waals surface area contributed by atoms with Crippen molar-refractivity contribution >= 4 is 41.1 Å². The fraction of sp³-hybridized carbons (Fsp3) is 0. The maximum atomic E-state index is 3.76. The van der Waals surface area contributed by atoms with Gasteiger partial charge in [-0.15, -0.1) is 0 Å². The minimum Gasteiger partial charge on any atom is -0.201 e. The Labute approximate surface area is 62.8 Å². The van der Waals surface area contributed by atoms with E-state index in [4.69, 9.17) is 0 Å². The summed E-state index contributed by atoms with van der Waals surface area (Å²) in [6.45, 7) is 0. The van der Waals surface area contributed by atoms with E-state index in [1.54, 1.807) is 6.20 Å². The van der Waals surface area contributed by atoms with Gasteiger partial charge in [-0.3, -0.25) is 0 Å². The van der Waals surface area contributed by atoms with E-state index < -0.39 is 0 Å². The Hall–Kier alpha value is 0.630. The van der Waals surface area contributed by atoms with Gasteiger partial charge in [-0.2, -0.15) is 0 Å². The molecule has 0 bridgehead atoms. The van der Waals surface area contributed by atoms with E-state index in [1.165, 1.54) is 11.5 Å². The van der Waals surface area contributed by atoms with Gasteiger partial charge >= 0.3 is 0 Å². The van der Waals surface area contributed by atoms with Crippen molar-refractivity contribution in [2.45, 2.75) is 0 Å². The molecule has 0 saturated carbocycles. The molecule has 0 aromatic carbocycles. The number of aromatic nitrogens is 1. The molecule has 0 aliphatic carbocycles. The van der Waals surface area contributed by atoms with E-state index in [2.05, 4.69) is 4.37 Å². The number of nitrogens with zero attached hydrogens (tertiary/aromatic N) is 1. The topological polar surface area (TPSA) is 12.9 Å². The van der Waals surface area contributed by atoms with E-state index in [0.717, 1.165) is 0 Å². The van der Waals surface area contributed by atoms with E-state index in [-0.39, 0.29) is 29.6 Å². The van der Waals surface area contributed by atoms with Crippen LogP contribution in [-0.2, 0) is 0 Å². The fourth-order valence-corrected chi connectivity index (χ4v) is 0.527. The average molecular weight is 108 g/mol. The summed E-state index contributed by atoms with van der Waals surface area (Å²) in [5.41, 5.74) is 0. The third-order valence-corrected chi connectivity index (χ3v) is 0.869. The Balaban J connectivity index is 0.000000250. The molecule has 1 heterocycles. The van der Waals surface area contributed by atoms with Crippen molar-refractivity contribution in [2.75, 3.05) is 0 Å². The van der Waals surface area contributed by atoms with Crippen LogP contribution in [0.3, 0.4) is 0 Å². The van der Waals surface area contributed by atoms with Gasteiger partial charge in [0.05, 0.1) is 0 Å². The minimum absolute atomic E-state index is 0. The molecule has 0 spiro atoms. The van der Waals surface area contributed by atoms with Gasteiger partial charge in [-0.1, -0.05) is 0 Å². The summed E-state index contributed by atoms with van der Waals surface area (Å²) in [6.07, 6.45) is 1.77. The van der Waals surface area contributed by atoms with Crippen LogP contribution in [0.1, 0.15) is 0 Å². The summed E-state index contributed by atoms with van der Waals surface area (Å²) in [5.74, 6) is 0. The van der Waals surface area contributed by atoms with Crippen LogP contribution >= 0.6 is 11.5 Å². The van der Waals surface area contributed by atoms with Crippen LogP contribution < -0.4 is 0 Å². The van der Waals surface area contributed by atoms with Crippen LogP contribution in [-0.4, -0.2) is 33.9 Å².